The monoisotopic (exact) mass is 296 g/mol. The van der Waals surface area contributed by atoms with Crippen LogP contribution in [0.2, 0.25) is 0 Å². The normalized spacial score (nSPS) is 23.8. The number of benzene rings is 1. The molecule has 2 rings (SSSR count). The van der Waals surface area contributed by atoms with Gasteiger partial charge in [0.05, 0.1) is 4.90 Å². The van der Waals surface area contributed by atoms with Crippen molar-refractivity contribution in [1.29, 1.82) is 0 Å². The van der Waals surface area contributed by atoms with Gasteiger partial charge in [-0.3, -0.25) is 0 Å². The van der Waals surface area contributed by atoms with Crippen molar-refractivity contribution >= 4 is 10.0 Å². The standard InChI is InChI=1S/C15H24N2O2S/c1-11-6-7-14(9-13(11)3)20(18,19)17-10-15-12(2)5-4-8-16-15/h6-7,9,12,15-17H,4-5,8,10H2,1-3H3. The summed E-state index contributed by atoms with van der Waals surface area (Å²) in [7, 11) is -3.41. The van der Waals surface area contributed by atoms with Crippen LogP contribution in [0.3, 0.4) is 0 Å². The minimum absolute atomic E-state index is 0.227. The molecule has 112 valence electrons. The van der Waals surface area contributed by atoms with E-state index in [1.54, 1.807) is 12.1 Å². The zero-order valence-electron chi connectivity index (χ0n) is 12.4. The fourth-order valence-corrected chi connectivity index (χ4v) is 3.70. The molecule has 0 bridgehead atoms. The molecule has 1 heterocycles. The van der Waals surface area contributed by atoms with Crippen LogP contribution in [0.25, 0.3) is 0 Å². The summed E-state index contributed by atoms with van der Waals surface area (Å²) < 4.78 is 27.3. The Labute approximate surface area is 122 Å². The second-order valence-corrected chi connectivity index (χ2v) is 7.55. The highest BCUT2D eigenvalue weighted by molar-refractivity contribution is 7.89. The fourth-order valence-electron chi connectivity index (χ4n) is 2.55. The predicted octanol–water partition coefficient (Wildman–Crippen LogP) is 1.97. The van der Waals surface area contributed by atoms with Crippen LogP contribution in [0.5, 0.6) is 0 Å². The Balaban J connectivity index is 2.05. The Kier molecular flexibility index (Phi) is 4.83. The van der Waals surface area contributed by atoms with Gasteiger partial charge in [-0.2, -0.15) is 0 Å². The third-order valence-corrected chi connectivity index (χ3v) is 5.63. The van der Waals surface area contributed by atoms with Gasteiger partial charge in [0.1, 0.15) is 0 Å². The van der Waals surface area contributed by atoms with Gasteiger partial charge in [-0.15, -0.1) is 0 Å². The topological polar surface area (TPSA) is 58.2 Å². The van der Waals surface area contributed by atoms with Crippen LogP contribution in [-0.4, -0.2) is 27.5 Å². The van der Waals surface area contributed by atoms with E-state index in [1.165, 1.54) is 6.42 Å². The van der Waals surface area contributed by atoms with Crippen LogP contribution in [-0.2, 0) is 10.0 Å². The highest BCUT2D eigenvalue weighted by Gasteiger charge is 2.23. The molecule has 5 heteroatoms. The number of hydrogen-bond donors (Lipinski definition) is 2. The van der Waals surface area contributed by atoms with Gasteiger partial charge in [0.2, 0.25) is 10.0 Å². The van der Waals surface area contributed by atoms with E-state index in [4.69, 9.17) is 0 Å². The lowest BCUT2D eigenvalue weighted by Crippen LogP contribution is -2.47. The zero-order valence-corrected chi connectivity index (χ0v) is 13.3. The van der Waals surface area contributed by atoms with Gasteiger partial charge in [-0.25, -0.2) is 13.1 Å². The van der Waals surface area contributed by atoms with E-state index in [0.717, 1.165) is 24.1 Å². The van der Waals surface area contributed by atoms with E-state index in [0.29, 0.717) is 17.4 Å². The van der Waals surface area contributed by atoms with Crippen molar-refractivity contribution < 1.29 is 8.42 Å². The summed E-state index contributed by atoms with van der Waals surface area (Å²) in [6.07, 6.45) is 2.32. The molecule has 1 saturated heterocycles. The Morgan fingerprint density at radius 2 is 2.05 bits per heavy atom. The van der Waals surface area contributed by atoms with Gasteiger partial charge >= 0.3 is 0 Å². The van der Waals surface area contributed by atoms with Crippen LogP contribution in [0.4, 0.5) is 0 Å². The molecule has 0 spiro atoms. The quantitative estimate of drug-likeness (QED) is 0.893. The van der Waals surface area contributed by atoms with Crippen LogP contribution < -0.4 is 10.0 Å². The largest absolute Gasteiger partial charge is 0.312 e. The zero-order chi connectivity index (χ0) is 14.8. The van der Waals surface area contributed by atoms with Crippen molar-refractivity contribution in [3.63, 3.8) is 0 Å². The lowest BCUT2D eigenvalue weighted by atomic mass is 9.93. The summed E-state index contributed by atoms with van der Waals surface area (Å²) in [5.41, 5.74) is 2.10. The third-order valence-electron chi connectivity index (χ3n) is 4.21. The van der Waals surface area contributed by atoms with Gasteiger partial charge in [-0.05, 0) is 62.4 Å². The van der Waals surface area contributed by atoms with E-state index in [-0.39, 0.29) is 6.04 Å². The minimum Gasteiger partial charge on any atom is -0.312 e. The molecule has 4 nitrogen and oxygen atoms in total. The number of rotatable bonds is 4. The van der Waals surface area contributed by atoms with Crippen molar-refractivity contribution in [2.24, 2.45) is 5.92 Å². The second-order valence-electron chi connectivity index (χ2n) is 5.78. The molecule has 1 aromatic carbocycles. The van der Waals surface area contributed by atoms with Crippen molar-refractivity contribution in [1.82, 2.24) is 10.0 Å². The van der Waals surface area contributed by atoms with Crippen LogP contribution in [0, 0.1) is 19.8 Å². The number of aryl methyl sites for hydroxylation is 2. The molecule has 2 N–H and O–H groups in total. The highest BCUT2D eigenvalue weighted by Crippen LogP contribution is 2.17. The van der Waals surface area contributed by atoms with E-state index in [2.05, 4.69) is 17.0 Å². The minimum atomic E-state index is -3.41. The van der Waals surface area contributed by atoms with Gasteiger partial charge < -0.3 is 5.32 Å². The van der Waals surface area contributed by atoms with E-state index in [1.807, 2.05) is 19.9 Å². The molecule has 1 aromatic rings. The smallest absolute Gasteiger partial charge is 0.240 e. The van der Waals surface area contributed by atoms with Crippen molar-refractivity contribution in [3.8, 4) is 0 Å². The molecule has 1 fully saturated rings. The van der Waals surface area contributed by atoms with Crippen LogP contribution in [0.15, 0.2) is 23.1 Å². The lowest BCUT2D eigenvalue weighted by Gasteiger charge is -2.30. The Morgan fingerprint density at radius 3 is 2.70 bits per heavy atom. The molecule has 0 aliphatic carbocycles. The number of hydrogen-bond acceptors (Lipinski definition) is 3. The van der Waals surface area contributed by atoms with E-state index < -0.39 is 10.0 Å². The third kappa shape index (κ3) is 3.59. The average molecular weight is 296 g/mol. The summed E-state index contributed by atoms with van der Waals surface area (Å²) in [6.45, 7) is 7.50. The van der Waals surface area contributed by atoms with E-state index in [9.17, 15) is 8.42 Å². The van der Waals surface area contributed by atoms with Crippen molar-refractivity contribution in [2.45, 2.75) is 44.6 Å². The molecule has 0 aromatic heterocycles. The maximum absolute atomic E-state index is 12.3. The lowest BCUT2D eigenvalue weighted by molar-refractivity contribution is 0.300. The maximum Gasteiger partial charge on any atom is 0.240 e. The molecule has 1 aliphatic rings. The van der Waals surface area contributed by atoms with Crippen molar-refractivity contribution in [2.75, 3.05) is 13.1 Å². The molecule has 20 heavy (non-hydrogen) atoms. The first-order valence-corrected chi connectivity index (χ1v) is 8.69. The highest BCUT2D eigenvalue weighted by atomic mass is 32.2. The molecule has 2 unspecified atom stereocenters. The predicted molar refractivity (Wildman–Crippen MR) is 81.3 cm³/mol. The second kappa shape index (κ2) is 6.24. The summed E-state index contributed by atoms with van der Waals surface area (Å²) in [5.74, 6) is 0.506. The molecular weight excluding hydrogens is 272 g/mol. The first-order chi connectivity index (χ1) is 9.40. The van der Waals surface area contributed by atoms with Crippen LogP contribution in [0.1, 0.15) is 30.9 Å². The summed E-state index contributed by atoms with van der Waals surface area (Å²) in [6, 6.07) is 5.48. The molecule has 0 saturated carbocycles. The Bertz CT molecular complexity index is 569. The van der Waals surface area contributed by atoms with Crippen molar-refractivity contribution in [3.05, 3.63) is 29.3 Å². The van der Waals surface area contributed by atoms with Gasteiger partial charge in [0, 0.05) is 12.6 Å². The average Bonchev–Trinajstić information content (AvgIpc) is 2.41. The number of sulfonamides is 1. The first kappa shape index (κ1) is 15.5. The van der Waals surface area contributed by atoms with Crippen LogP contribution >= 0.6 is 0 Å². The molecule has 1 aliphatic heterocycles. The molecule has 0 radical (unpaired) electrons. The fraction of sp³-hybridized carbons (Fsp3) is 0.600. The first-order valence-electron chi connectivity index (χ1n) is 7.20. The molecule has 0 amide bonds. The Hall–Kier alpha value is -0.910. The molecule has 2 atom stereocenters. The number of nitrogens with one attached hydrogen (secondary N) is 2. The summed E-state index contributed by atoms with van der Waals surface area (Å²) >= 11 is 0. The summed E-state index contributed by atoms with van der Waals surface area (Å²) in [4.78, 5) is 0.351. The number of piperidine rings is 1. The maximum atomic E-state index is 12.3. The summed E-state index contributed by atoms with van der Waals surface area (Å²) in [5, 5.41) is 3.39. The SMILES string of the molecule is Cc1ccc(S(=O)(=O)NCC2NCCCC2C)cc1C. The van der Waals surface area contributed by atoms with Gasteiger partial charge in [0.15, 0.2) is 0 Å². The molecular formula is C15H24N2O2S. The van der Waals surface area contributed by atoms with Gasteiger partial charge in [0.25, 0.3) is 0 Å². The van der Waals surface area contributed by atoms with Gasteiger partial charge in [-0.1, -0.05) is 13.0 Å². The Morgan fingerprint density at radius 1 is 1.30 bits per heavy atom. The van der Waals surface area contributed by atoms with E-state index >= 15 is 0 Å².